The lowest BCUT2D eigenvalue weighted by molar-refractivity contribution is 0.0568. The summed E-state index contributed by atoms with van der Waals surface area (Å²) in [4.78, 5) is 2.55. The summed E-state index contributed by atoms with van der Waals surface area (Å²) in [7, 11) is 1.78. The number of rotatable bonds is 7. The van der Waals surface area contributed by atoms with Crippen molar-refractivity contribution >= 4 is 0 Å². The third kappa shape index (κ3) is 4.52. The van der Waals surface area contributed by atoms with E-state index < -0.39 is 0 Å². The Bertz CT molecular complexity index is 213. The first-order valence-corrected chi connectivity index (χ1v) is 7.54. The van der Waals surface area contributed by atoms with E-state index in [4.69, 9.17) is 10.5 Å². The molecule has 0 aromatic heterocycles. The van der Waals surface area contributed by atoms with Crippen molar-refractivity contribution in [2.45, 2.75) is 58.5 Å². The first kappa shape index (κ1) is 15.9. The molecule has 0 heterocycles. The lowest BCUT2D eigenvalue weighted by Crippen LogP contribution is -2.50. The van der Waals surface area contributed by atoms with E-state index in [0.29, 0.717) is 12.1 Å². The fraction of sp³-hybridized carbons (Fsp3) is 1.00. The maximum absolute atomic E-state index is 6.07. The molecule has 108 valence electrons. The zero-order valence-corrected chi connectivity index (χ0v) is 12.7. The van der Waals surface area contributed by atoms with Crippen molar-refractivity contribution < 1.29 is 4.74 Å². The largest absolute Gasteiger partial charge is 0.383 e. The molecule has 18 heavy (non-hydrogen) atoms. The lowest BCUT2D eigenvalue weighted by atomic mass is 9.78. The van der Waals surface area contributed by atoms with E-state index in [1.807, 2.05) is 0 Å². The normalized spacial score (nSPS) is 26.8. The van der Waals surface area contributed by atoms with Crippen LogP contribution in [0.3, 0.4) is 0 Å². The molecule has 0 aromatic carbocycles. The minimum atomic E-state index is 0.535. The maximum Gasteiger partial charge on any atom is 0.0589 e. The van der Waals surface area contributed by atoms with Gasteiger partial charge in [-0.2, -0.15) is 0 Å². The van der Waals surface area contributed by atoms with Crippen LogP contribution in [0.1, 0.15) is 46.5 Å². The lowest BCUT2D eigenvalue weighted by Gasteiger charge is -2.41. The van der Waals surface area contributed by atoms with Crippen LogP contribution in [0, 0.1) is 11.8 Å². The molecule has 1 fully saturated rings. The van der Waals surface area contributed by atoms with Crippen molar-refractivity contribution in [1.29, 1.82) is 0 Å². The van der Waals surface area contributed by atoms with E-state index >= 15 is 0 Å². The second-order valence-electron chi connectivity index (χ2n) is 6.15. The molecular formula is C15H32N2O. The van der Waals surface area contributed by atoms with Crippen LogP contribution in [-0.2, 0) is 4.74 Å². The molecule has 0 amide bonds. The molecule has 3 heteroatoms. The van der Waals surface area contributed by atoms with E-state index in [2.05, 4.69) is 25.7 Å². The molecule has 3 nitrogen and oxygen atoms in total. The van der Waals surface area contributed by atoms with E-state index in [-0.39, 0.29) is 0 Å². The summed E-state index contributed by atoms with van der Waals surface area (Å²) in [6, 6.07) is 1.08. The summed E-state index contributed by atoms with van der Waals surface area (Å²) in [5.41, 5.74) is 6.07. The Hall–Kier alpha value is -0.120. The smallest absolute Gasteiger partial charge is 0.0589 e. The molecule has 1 aliphatic rings. The van der Waals surface area contributed by atoms with Gasteiger partial charge in [0.1, 0.15) is 0 Å². The molecule has 0 saturated heterocycles. The van der Waals surface area contributed by atoms with Crippen molar-refractivity contribution in [3.63, 3.8) is 0 Å². The molecular weight excluding hydrogens is 224 g/mol. The van der Waals surface area contributed by atoms with E-state index in [1.165, 1.54) is 25.7 Å². The van der Waals surface area contributed by atoms with E-state index in [0.717, 1.165) is 31.5 Å². The van der Waals surface area contributed by atoms with Gasteiger partial charge in [0.05, 0.1) is 6.61 Å². The predicted molar refractivity (Wildman–Crippen MR) is 77.7 cm³/mol. The summed E-state index contributed by atoms with van der Waals surface area (Å²) in [5.74, 6) is 1.69. The fourth-order valence-electron chi connectivity index (χ4n) is 3.27. The van der Waals surface area contributed by atoms with Gasteiger partial charge in [0, 0.05) is 32.3 Å². The van der Waals surface area contributed by atoms with Gasteiger partial charge in [-0.25, -0.2) is 0 Å². The van der Waals surface area contributed by atoms with Crippen LogP contribution in [0.5, 0.6) is 0 Å². The first-order chi connectivity index (χ1) is 8.60. The Morgan fingerprint density at radius 3 is 2.28 bits per heavy atom. The molecule has 2 N–H and O–H groups in total. The highest BCUT2D eigenvalue weighted by Gasteiger charge is 2.30. The van der Waals surface area contributed by atoms with Crippen molar-refractivity contribution in [2.75, 3.05) is 26.8 Å². The summed E-state index contributed by atoms with van der Waals surface area (Å²) in [6.07, 6.45) is 5.44. The van der Waals surface area contributed by atoms with Gasteiger partial charge in [-0.1, -0.05) is 19.8 Å². The van der Waals surface area contributed by atoms with Gasteiger partial charge >= 0.3 is 0 Å². The van der Waals surface area contributed by atoms with Gasteiger partial charge < -0.3 is 10.5 Å². The summed E-state index contributed by atoms with van der Waals surface area (Å²) in [6.45, 7) is 9.49. The minimum Gasteiger partial charge on any atom is -0.383 e. The van der Waals surface area contributed by atoms with Gasteiger partial charge in [-0.15, -0.1) is 0 Å². The zero-order chi connectivity index (χ0) is 13.5. The third-order valence-electron chi connectivity index (χ3n) is 4.49. The van der Waals surface area contributed by atoms with Crippen LogP contribution in [0.25, 0.3) is 0 Å². The van der Waals surface area contributed by atoms with Crippen LogP contribution in [0.4, 0.5) is 0 Å². The zero-order valence-electron chi connectivity index (χ0n) is 12.7. The van der Waals surface area contributed by atoms with Gasteiger partial charge in [-0.3, -0.25) is 4.90 Å². The highest BCUT2D eigenvalue weighted by Crippen LogP contribution is 2.32. The van der Waals surface area contributed by atoms with Crippen LogP contribution in [-0.4, -0.2) is 43.8 Å². The monoisotopic (exact) mass is 256 g/mol. The predicted octanol–water partition coefficient (Wildman–Crippen LogP) is 2.50. The molecule has 0 radical (unpaired) electrons. The number of hydrogen-bond donors (Lipinski definition) is 1. The molecule has 0 bridgehead atoms. The number of nitrogens with two attached hydrogens (primary N) is 1. The SMILES string of the molecule is COCCN(C(C)C)C(CN)C1CCC(C)CC1. The molecule has 1 aliphatic carbocycles. The Morgan fingerprint density at radius 2 is 1.83 bits per heavy atom. The first-order valence-electron chi connectivity index (χ1n) is 7.54. The number of ether oxygens (including phenoxy) is 1. The van der Waals surface area contributed by atoms with Gasteiger partial charge in [0.2, 0.25) is 0 Å². The Labute approximate surface area is 113 Å². The third-order valence-corrected chi connectivity index (χ3v) is 4.49. The van der Waals surface area contributed by atoms with Crippen LogP contribution in [0.2, 0.25) is 0 Å². The summed E-state index contributed by atoms with van der Waals surface area (Å²) in [5, 5.41) is 0. The highest BCUT2D eigenvalue weighted by atomic mass is 16.5. The van der Waals surface area contributed by atoms with Crippen LogP contribution in [0.15, 0.2) is 0 Å². The molecule has 1 atom stereocenters. The Balaban J connectivity index is 2.60. The second kappa shape index (κ2) is 8.13. The Morgan fingerprint density at radius 1 is 1.22 bits per heavy atom. The maximum atomic E-state index is 6.07. The van der Waals surface area contributed by atoms with Crippen molar-refractivity contribution in [3.8, 4) is 0 Å². The summed E-state index contributed by atoms with van der Waals surface area (Å²) < 4.78 is 5.24. The number of hydrogen-bond acceptors (Lipinski definition) is 3. The molecule has 0 spiro atoms. The average molecular weight is 256 g/mol. The topological polar surface area (TPSA) is 38.5 Å². The van der Waals surface area contributed by atoms with Gasteiger partial charge in [-0.05, 0) is 38.5 Å². The van der Waals surface area contributed by atoms with Crippen molar-refractivity contribution in [1.82, 2.24) is 4.90 Å². The van der Waals surface area contributed by atoms with Gasteiger partial charge in [0.25, 0.3) is 0 Å². The minimum absolute atomic E-state index is 0.535. The van der Waals surface area contributed by atoms with Crippen LogP contribution < -0.4 is 5.73 Å². The fourth-order valence-corrected chi connectivity index (χ4v) is 3.27. The van der Waals surface area contributed by atoms with Crippen LogP contribution >= 0.6 is 0 Å². The molecule has 1 saturated carbocycles. The summed E-state index contributed by atoms with van der Waals surface area (Å²) >= 11 is 0. The van der Waals surface area contributed by atoms with Gasteiger partial charge in [0.15, 0.2) is 0 Å². The quantitative estimate of drug-likeness (QED) is 0.760. The molecule has 1 unspecified atom stereocenters. The number of methoxy groups -OCH3 is 1. The molecule has 1 rings (SSSR count). The standard InChI is InChI=1S/C15H32N2O/c1-12(2)17(9-10-18-4)15(11-16)14-7-5-13(3)6-8-14/h12-15H,5-11,16H2,1-4H3. The highest BCUT2D eigenvalue weighted by molar-refractivity contribution is 4.85. The molecule has 0 aliphatic heterocycles. The Kier molecular flexibility index (Phi) is 7.20. The second-order valence-corrected chi connectivity index (χ2v) is 6.15. The average Bonchev–Trinajstić information content (AvgIpc) is 2.35. The molecule has 0 aromatic rings. The van der Waals surface area contributed by atoms with Crippen molar-refractivity contribution in [2.24, 2.45) is 17.6 Å². The van der Waals surface area contributed by atoms with E-state index in [9.17, 15) is 0 Å². The number of nitrogens with zero attached hydrogens (tertiary/aromatic N) is 1. The van der Waals surface area contributed by atoms with Crippen molar-refractivity contribution in [3.05, 3.63) is 0 Å². The van der Waals surface area contributed by atoms with E-state index in [1.54, 1.807) is 7.11 Å².